The minimum Gasteiger partial charge on any atom is -0.480 e. The summed E-state index contributed by atoms with van der Waals surface area (Å²) in [4.78, 5) is 22.8. The molecule has 16 heavy (non-hydrogen) atoms. The number of rotatable bonds is 4. The Kier molecular flexibility index (Phi) is 4.64. The van der Waals surface area contributed by atoms with Crippen LogP contribution in [0.3, 0.4) is 0 Å². The average molecular weight is 260 g/mol. The molecule has 0 unspecified atom stereocenters. The largest absolute Gasteiger partial charge is 0.480 e. The summed E-state index contributed by atoms with van der Waals surface area (Å²) in [6, 6.07) is 5.04. The molecule has 1 aromatic carbocycles. The maximum atomic E-state index is 11.6. The number of halogens is 1. The summed E-state index contributed by atoms with van der Waals surface area (Å²) in [6.07, 6.45) is 1.88. The fraction of sp³-hybridized carbons (Fsp3) is 0.200. The van der Waals surface area contributed by atoms with E-state index in [9.17, 15) is 9.59 Å². The lowest BCUT2D eigenvalue weighted by Crippen LogP contribution is -2.29. The molecule has 0 aliphatic heterocycles. The van der Waals surface area contributed by atoms with E-state index in [1.54, 1.807) is 18.2 Å². The van der Waals surface area contributed by atoms with Gasteiger partial charge in [-0.05, 0) is 24.5 Å². The van der Waals surface area contributed by atoms with Gasteiger partial charge in [-0.25, -0.2) is 0 Å². The van der Waals surface area contributed by atoms with E-state index in [-0.39, 0.29) is 5.56 Å². The van der Waals surface area contributed by atoms with Crippen molar-refractivity contribution in [2.45, 2.75) is 4.90 Å². The first kappa shape index (κ1) is 12.9. The Balaban J connectivity index is 2.85. The third-order valence-corrected chi connectivity index (χ3v) is 2.87. The molecular formula is C10H10ClNO3S. The highest BCUT2D eigenvalue weighted by Gasteiger charge is 2.11. The van der Waals surface area contributed by atoms with Crippen molar-refractivity contribution in [3.8, 4) is 0 Å². The summed E-state index contributed by atoms with van der Waals surface area (Å²) in [5.41, 5.74) is 0.287. The van der Waals surface area contributed by atoms with Gasteiger partial charge in [0.25, 0.3) is 5.91 Å². The smallest absolute Gasteiger partial charge is 0.322 e. The van der Waals surface area contributed by atoms with Crippen molar-refractivity contribution in [2.75, 3.05) is 12.8 Å². The van der Waals surface area contributed by atoms with Crippen molar-refractivity contribution < 1.29 is 14.7 Å². The molecule has 2 N–H and O–H groups in total. The van der Waals surface area contributed by atoms with Crippen molar-refractivity contribution in [3.05, 3.63) is 28.8 Å². The Morgan fingerprint density at radius 1 is 1.50 bits per heavy atom. The third-order valence-electron chi connectivity index (χ3n) is 1.82. The van der Waals surface area contributed by atoms with Gasteiger partial charge in [-0.15, -0.1) is 11.8 Å². The van der Waals surface area contributed by atoms with Crippen molar-refractivity contribution in [1.82, 2.24) is 5.32 Å². The van der Waals surface area contributed by atoms with Crippen LogP contribution >= 0.6 is 23.4 Å². The minimum atomic E-state index is -1.09. The van der Waals surface area contributed by atoms with Crippen LogP contribution < -0.4 is 5.32 Å². The van der Waals surface area contributed by atoms with Crippen LogP contribution in [0.4, 0.5) is 0 Å². The molecule has 0 saturated carbocycles. The van der Waals surface area contributed by atoms with E-state index in [4.69, 9.17) is 16.7 Å². The van der Waals surface area contributed by atoms with Gasteiger partial charge in [-0.2, -0.15) is 0 Å². The van der Waals surface area contributed by atoms with Crippen LogP contribution in [0, 0.1) is 0 Å². The molecule has 0 heterocycles. The normalized spacial score (nSPS) is 9.88. The minimum absolute atomic E-state index is 0.287. The van der Waals surface area contributed by atoms with Crippen LogP contribution in [-0.2, 0) is 4.79 Å². The van der Waals surface area contributed by atoms with E-state index in [2.05, 4.69) is 5.32 Å². The quantitative estimate of drug-likeness (QED) is 0.811. The summed E-state index contributed by atoms with van der Waals surface area (Å²) in [7, 11) is 0. The first-order chi connectivity index (χ1) is 7.54. The topological polar surface area (TPSA) is 66.4 Å². The molecule has 0 aromatic heterocycles. The van der Waals surface area contributed by atoms with Crippen molar-refractivity contribution in [3.63, 3.8) is 0 Å². The Morgan fingerprint density at radius 3 is 2.75 bits per heavy atom. The lowest BCUT2D eigenvalue weighted by Gasteiger charge is -2.06. The molecule has 0 bridgehead atoms. The Hall–Kier alpha value is -1.20. The summed E-state index contributed by atoms with van der Waals surface area (Å²) in [5.74, 6) is -1.58. The van der Waals surface area contributed by atoms with E-state index >= 15 is 0 Å². The van der Waals surface area contributed by atoms with Gasteiger partial charge in [0.1, 0.15) is 6.54 Å². The molecule has 1 rings (SSSR count). The number of hydrogen-bond acceptors (Lipinski definition) is 3. The molecule has 6 heteroatoms. The maximum Gasteiger partial charge on any atom is 0.322 e. The van der Waals surface area contributed by atoms with Gasteiger partial charge < -0.3 is 10.4 Å². The molecule has 1 amide bonds. The second kappa shape index (κ2) is 5.77. The first-order valence-electron chi connectivity index (χ1n) is 4.38. The molecule has 0 aliphatic rings. The van der Waals surface area contributed by atoms with Crippen LogP contribution in [0.2, 0.25) is 5.02 Å². The zero-order valence-electron chi connectivity index (χ0n) is 8.49. The van der Waals surface area contributed by atoms with Gasteiger partial charge in [0.05, 0.1) is 10.6 Å². The molecule has 0 aliphatic carbocycles. The van der Waals surface area contributed by atoms with E-state index in [0.29, 0.717) is 5.02 Å². The van der Waals surface area contributed by atoms with E-state index < -0.39 is 18.4 Å². The molecule has 4 nitrogen and oxygen atoms in total. The van der Waals surface area contributed by atoms with E-state index in [1.807, 2.05) is 6.26 Å². The van der Waals surface area contributed by atoms with Crippen LogP contribution in [0.15, 0.2) is 23.1 Å². The summed E-state index contributed by atoms with van der Waals surface area (Å²) in [6.45, 7) is -0.418. The zero-order valence-corrected chi connectivity index (χ0v) is 10.1. The zero-order chi connectivity index (χ0) is 12.1. The van der Waals surface area contributed by atoms with Gasteiger partial charge >= 0.3 is 5.97 Å². The number of carboxylic acid groups (broad SMARTS) is 1. The highest BCUT2D eigenvalue weighted by atomic mass is 35.5. The second-order valence-electron chi connectivity index (χ2n) is 2.92. The molecule has 0 saturated heterocycles. The van der Waals surface area contributed by atoms with Crippen LogP contribution in [0.5, 0.6) is 0 Å². The highest BCUT2D eigenvalue weighted by Crippen LogP contribution is 2.22. The summed E-state index contributed by atoms with van der Waals surface area (Å²) >= 11 is 7.32. The van der Waals surface area contributed by atoms with Crippen LogP contribution in [-0.4, -0.2) is 29.8 Å². The number of carbonyl (C=O) groups excluding carboxylic acids is 1. The lowest BCUT2D eigenvalue weighted by atomic mass is 10.2. The Labute approximate surface area is 102 Å². The summed E-state index contributed by atoms with van der Waals surface area (Å²) in [5, 5.41) is 11.0. The number of aliphatic carboxylic acids is 1. The number of benzene rings is 1. The Morgan fingerprint density at radius 2 is 2.19 bits per heavy atom. The fourth-order valence-electron chi connectivity index (χ4n) is 1.06. The Bertz CT molecular complexity index is 423. The maximum absolute atomic E-state index is 11.6. The lowest BCUT2D eigenvalue weighted by molar-refractivity contribution is -0.135. The van der Waals surface area contributed by atoms with Gasteiger partial charge in [0, 0.05) is 4.90 Å². The number of hydrogen-bond donors (Lipinski definition) is 2. The number of carbonyl (C=O) groups is 2. The van der Waals surface area contributed by atoms with E-state index in [1.165, 1.54) is 11.8 Å². The van der Waals surface area contributed by atoms with Crippen LogP contribution in [0.1, 0.15) is 10.4 Å². The van der Waals surface area contributed by atoms with E-state index in [0.717, 1.165) is 4.90 Å². The predicted octanol–water partition coefficient (Wildman–Crippen LogP) is 1.88. The fourth-order valence-corrected chi connectivity index (χ4v) is 1.70. The number of amides is 1. The predicted molar refractivity (Wildman–Crippen MR) is 63.2 cm³/mol. The van der Waals surface area contributed by atoms with Crippen molar-refractivity contribution in [1.29, 1.82) is 0 Å². The monoisotopic (exact) mass is 259 g/mol. The molecule has 0 atom stereocenters. The standard InChI is InChI=1S/C10H10ClNO3S/c1-16-6-2-3-8(11)7(4-6)10(15)12-5-9(13)14/h2-4H,5H2,1H3,(H,12,15)(H,13,14). The molecule has 0 radical (unpaired) electrons. The van der Waals surface area contributed by atoms with Crippen molar-refractivity contribution in [2.24, 2.45) is 0 Å². The van der Waals surface area contributed by atoms with Gasteiger partial charge in [-0.3, -0.25) is 9.59 Å². The van der Waals surface area contributed by atoms with Crippen molar-refractivity contribution >= 4 is 35.2 Å². The highest BCUT2D eigenvalue weighted by molar-refractivity contribution is 7.98. The van der Waals surface area contributed by atoms with Gasteiger partial charge in [0.15, 0.2) is 0 Å². The number of thioether (sulfide) groups is 1. The second-order valence-corrected chi connectivity index (χ2v) is 4.21. The first-order valence-corrected chi connectivity index (χ1v) is 5.98. The number of carboxylic acids is 1. The molecule has 0 fully saturated rings. The van der Waals surface area contributed by atoms with Gasteiger partial charge in [-0.1, -0.05) is 11.6 Å². The van der Waals surface area contributed by atoms with Gasteiger partial charge in [0.2, 0.25) is 0 Å². The summed E-state index contributed by atoms with van der Waals surface area (Å²) < 4.78 is 0. The molecule has 1 aromatic rings. The average Bonchev–Trinajstić information content (AvgIpc) is 2.26. The van der Waals surface area contributed by atoms with Crippen LogP contribution in [0.25, 0.3) is 0 Å². The molecule has 86 valence electrons. The molecule has 0 spiro atoms. The number of nitrogens with one attached hydrogen (secondary N) is 1. The third kappa shape index (κ3) is 3.43. The molecular weight excluding hydrogens is 250 g/mol. The SMILES string of the molecule is CSc1ccc(Cl)c(C(=O)NCC(=O)O)c1.